The van der Waals surface area contributed by atoms with Crippen molar-refractivity contribution in [3.05, 3.63) is 12.2 Å². The lowest BCUT2D eigenvalue weighted by Gasteiger charge is -2.43. The Kier molecular flexibility index (Phi) is 3.54. The third-order valence-electron chi connectivity index (χ3n) is 3.10. The molecule has 1 spiro atoms. The molecule has 0 bridgehead atoms. The number of aliphatic hydroxyl groups excluding tert-OH is 1. The largest absolute Gasteiger partial charge is 0.384 e. The SMILES string of the molecule is C=C1COC2(COC(C)(C)O2)C(O)C1OC(C)(C)O. The summed E-state index contributed by atoms with van der Waals surface area (Å²) < 4.78 is 22.2. The molecule has 2 saturated heterocycles. The molecule has 19 heavy (non-hydrogen) atoms. The minimum atomic E-state index is -1.39. The highest BCUT2D eigenvalue weighted by Gasteiger charge is 2.57. The molecule has 0 amide bonds. The van der Waals surface area contributed by atoms with Crippen LogP contribution < -0.4 is 0 Å². The Balaban J connectivity index is 2.19. The smallest absolute Gasteiger partial charge is 0.224 e. The first-order chi connectivity index (χ1) is 8.55. The van der Waals surface area contributed by atoms with Gasteiger partial charge in [0.2, 0.25) is 5.79 Å². The summed E-state index contributed by atoms with van der Waals surface area (Å²) in [5, 5.41) is 20.2. The molecule has 3 atom stereocenters. The molecule has 2 N–H and O–H groups in total. The molecule has 2 aliphatic rings. The van der Waals surface area contributed by atoms with E-state index in [0.29, 0.717) is 5.57 Å². The zero-order valence-corrected chi connectivity index (χ0v) is 11.8. The maximum absolute atomic E-state index is 10.5. The number of ether oxygens (including phenoxy) is 4. The van der Waals surface area contributed by atoms with Gasteiger partial charge < -0.3 is 29.2 Å². The second kappa shape index (κ2) is 4.51. The third-order valence-corrected chi connectivity index (χ3v) is 3.10. The van der Waals surface area contributed by atoms with Gasteiger partial charge in [-0.3, -0.25) is 0 Å². The topological polar surface area (TPSA) is 77.4 Å². The lowest BCUT2D eigenvalue weighted by Crippen LogP contribution is -2.60. The van der Waals surface area contributed by atoms with Crippen LogP contribution in [0.2, 0.25) is 0 Å². The van der Waals surface area contributed by atoms with E-state index in [1.165, 1.54) is 13.8 Å². The summed E-state index contributed by atoms with van der Waals surface area (Å²) in [6, 6.07) is 0. The molecule has 2 rings (SSSR count). The lowest BCUT2D eigenvalue weighted by atomic mass is 9.95. The van der Waals surface area contributed by atoms with Gasteiger partial charge >= 0.3 is 0 Å². The number of hydrogen-bond donors (Lipinski definition) is 2. The van der Waals surface area contributed by atoms with Crippen molar-refractivity contribution in [1.82, 2.24) is 0 Å². The van der Waals surface area contributed by atoms with Crippen molar-refractivity contribution in [2.45, 2.75) is 57.3 Å². The maximum atomic E-state index is 10.5. The van der Waals surface area contributed by atoms with Gasteiger partial charge in [-0.05, 0) is 33.3 Å². The second-order valence-corrected chi connectivity index (χ2v) is 5.98. The molecule has 6 heteroatoms. The Bertz CT molecular complexity index is 372. The molecule has 0 aromatic carbocycles. The standard InChI is InChI=1S/C13H22O6/c1-8-6-16-13(7-17-12(4,5)19-13)10(14)9(8)18-11(2,3)15/h9-10,14-15H,1,6-7H2,2-5H3. The molecule has 0 radical (unpaired) electrons. The van der Waals surface area contributed by atoms with E-state index in [0.717, 1.165) is 0 Å². The van der Waals surface area contributed by atoms with Crippen molar-refractivity contribution >= 4 is 0 Å². The van der Waals surface area contributed by atoms with Crippen LogP contribution in [0.25, 0.3) is 0 Å². The van der Waals surface area contributed by atoms with Gasteiger partial charge in [0.15, 0.2) is 11.6 Å². The van der Waals surface area contributed by atoms with Gasteiger partial charge in [-0.1, -0.05) is 6.58 Å². The summed E-state index contributed by atoms with van der Waals surface area (Å²) in [6.07, 6.45) is -1.90. The molecule has 0 saturated carbocycles. The summed E-state index contributed by atoms with van der Waals surface area (Å²) in [5.74, 6) is -3.50. The highest BCUT2D eigenvalue weighted by atomic mass is 16.8. The van der Waals surface area contributed by atoms with Gasteiger partial charge in [0.05, 0.1) is 6.61 Å². The Morgan fingerprint density at radius 2 is 2.00 bits per heavy atom. The van der Waals surface area contributed by atoms with Crippen molar-refractivity contribution in [1.29, 1.82) is 0 Å². The van der Waals surface area contributed by atoms with E-state index in [-0.39, 0.29) is 13.2 Å². The predicted molar refractivity (Wildman–Crippen MR) is 66.1 cm³/mol. The third kappa shape index (κ3) is 2.99. The first-order valence-corrected chi connectivity index (χ1v) is 6.29. The number of rotatable bonds is 2. The average molecular weight is 274 g/mol. The quantitative estimate of drug-likeness (QED) is 0.565. The molecule has 3 unspecified atom stereocenters. The van der Waals surface area contributed by atoms with E-state index in [1.54, 1.807) is 13.8 Å². The van der Waals surface area contributed by atoms with Crippen LogP contribution in [0.4, 0.5) is 0 Å². The van der Waals surface area contributed by atoms with Crippen LogP contribution in [0.5, 0.6) is 0 Å². The highest BCUT2D eigenvalue weighted by Crippen LogP contribution is 2.40. The van der Waals surface area contributed by atoms with Gasteiger partial charge in [0.25, 0.3) is 0 Å². The minimum absolute atomic E-state index is 0.0974. The molecule has 110 valence electrons. The second-order valence-electron chi connectivity index (χ2n) is 5.98. The zero-order valence-electron chi connectivity index (χ0n) is 11.8. The van der Waals surface area contributed by atoms with Crippen molar-refractivity contribution in [3.63, 3.8) is 0 Å². The van der Waals surface area contributed by atoms with Crippen LogP contribution >= 0.6 is 0 Å². The molecule has 2 heterocycles. The molecule has 2 fully saturated rings. The summed E-state index contributed by atoms with van der Waals surface area (Å²) in [6.45, 7) is 10.5. The Morgan fingerprint density at radius 3 is 2.47 bits per heavy atom. The lowest BCUT2D eigenvalue weighted by molar-refractivity contribution is -0.329. The molecule has 0 aromatic heterocycles. The van der Waals surface area contributed by atoms with Crippen LogP contribution in [0, 0.1) is 0 Å². The maximum Gasteiger partial charge on any atom is 0.224 e. The van der Waals surface area contributed by atoms with Crippen molar-refractivity contribution in [2.24, 2.45) is 0 Å². The minimum Gasteiger partial charge on any atom is -0.384 e. The van der Waals surface area contributed by atoms with Crippen LogP contribution in [-0.4, -0.2) is 53.0 Å². The van der Waals surface area contributed by atoms with E-state index < -0.39 is 29.6 Å². The Hall–Kier alpha value is -0.500. The molecule has 0 aliphatic carbocycles. The van der Waals surface area contributed by atoms with Crippen molar-refractivity contribution in [3.8, 4) is 0 Å². The summed E-state index contributed by atoms with van der Waals surface area (Å²) >= 11 is 0. The highest BCUT2D eigenvalue weighted by molar-refractivity contribution is 5.14. The number of hydrogen-bond acceptors (Lipinski definition) is 6. The molecule has 6 nitrogen and oxygen atoms in total. The normalized spacial score (nSPS) is 38.9. The van der Waals surface area contributed by atoms with Gasteiger partial charge in [-0.2, -0.15) is 0 Å². The molecule has 0 aromatic rings. The van der Waals surface area contributed by atoms with E-state index in [2.05, 4.69) is 6.58 Å². The monoisotopic (exact) mass is 274 g/mol. The van der Waals surface area contributed by atoms with Gasteiger partial charge in [-0.15, -0.1) is 0 Å². The number of aliphatic hydroxyl groups is 2. The summed E-state index contributed by atoms with van der Waals surface area (Å²) in [5.41, 5.74) is 0.550. The average Bonchev–Trinajstić information content (AvgIpc) is 2.56. The summed E-state index contributed by atoms with van der Waals surface area (Å²) in [4.78, 5) is 0. The fourth-order valence-corrected chi connectivity index (χ4v) is 2.26. The van der Waals surface area contributed by atoms with Crippen LogP contribution in [0.15, 0.2) is 12.2 Å². The Morgan fingerprint density at radius 1 is 1.37 bits per heavy atom. The van der Waals surface area contributed by atoms with E-state index >= 15 is 0 Å². The van der Waals surface area contributed by atoms with E-state index in [1.807, 2.05) is 0 Å². The first-order valence-electron chi connectivity index (χ1n) is 6.29. The first kappa shape index (κ1) is 14.9. The predicted octanol–water partition coefficient (Wildman–Crippen LogP) is 0.526. The molecule has 2 aliphatic heterocycles. The van der Waals surface area contributed by atoms with Crippen molar-refractivity contribution in [2.75, 3.05) is 13.2 Å². The van der Waals surface area contributed by atoms with Crippen molar-refractivity contribution < 1.29 is 29.2 Å². The van der Waals surface area contributed by atoms with Gasteiger partial charge in [0, 0.05) is 0 Å². The van der Waals surface area contributed by atoms with Crippen LogP contribution in [0.3, 0.4) is 0 Å². The zero-order chi connectivity index (χ0) is 14.5. The van der Waals surface area contributed by atoms with Crippen LogP contribution in [-0.2, 0) is 18.9 Å². The van der Waals surface area contributed by atoms with Gasteiger partial charge in [0.1, 0.15) is 18.8 Å². The van der Waals surface area contributed by atoms with Gasteiger partial charge in [-0.25, -0.2) is 0 Å². The van der Waals surface area contributed by atoms with E-state index in [9.17, 15) is 10.2 Å². The summed E-state index contributed by atoms with van der Waals surface area (Å²) in [7, 11) is 0. The van der Waals surface area contributed by atoms with Crippen LogP contribution in [0.1, 0.15) is 27.7 Å². The Labute approximate surface area is 112 Å². The fraction of sp³-hybridized carbons (Fsp3) is 0.846. The fourth-order valence-electron chi connectivity index (χ4n) is 2.26. The molecular formula is C13H22O6. The molecular weight excluding hydrogens is 252 g/mol. The van der Waals surface area contributed by atoms with E-state index in [4.69, 9.17) is 18.9 Å².